The van der Waals surface area contributed by atoms with Gasteiger partial charge in [0.05, 0.1) is 20.3 Å². The monoisotopic (exact) mass is 396 g/mol. The van der Waals surface area contributed by atoms with Crippen molar-refractivity contribution in [2.75, 3.05) is 7.11 Å². The molecule has 2 rings (SSSR count). The normalized spacial score (nSPS) is 10.4. The minimum atomic E-state index is 0.0663. The molecule has 0 fully saturated rings. The van der Waals surface area contributed by atoms with Gasteiger partial charge in [-0.1, -0.05) is 24.3 Å². The summed E-state index contributed by atoms with van der Waals surface area (Å²) in [6.45, 7) is 2.52. The van der Waals surface area contributed by atoms with Gasteiger partial charge >= 0.3 is 0 Å². The molecule has 21 heavy (non-hydrogen) atoms. The molecule has 0 aliphatic rings. The van der Waals surface area contributed by atoms with Crippen LogP contribution >= 0.6 is 22.6 Å². The summed E-state index contributed by atoms with van der Waals surface area (Å²) in [7, 11) is 1.64. The molecule has 2 aromatic carbocycles. The molecule has 4 heteroatoms. The second kappa shape index (κ2) is 7.56. The minimum Gasteiger partial charge on any atom is -0.497 e. The molecule has 0 bridgehead atoms. The number of hydrogen-bond acceptors (Lipinski definition) is 3. The molecule has 3 nitrogen and oxygen atoms in total. The Balaban J connectivity index is 2.01. The van der Waals surface area contributed by atoms with Gasteiger partial charge in [0.2, 0.25) is 0 Å². The van der Waals surface area contributed by atoms with Crippen LogP contribution < -0.4 is 4.74 Å². The summed E-state index contributed by atoms with van der Waals surface area (Å²) < 4.78 is 11.9. The van der Waals surface area contributed by atoms with Gasteiger partial charge in [-0.25, -0.2) is 0 Å². The largest absolute Gasteiger partial charge is 0.497 e. The number of carbonyl (C=O) groups is 1. The van der Waals surface area contributed by atoms with Gasteiger partial charge in [0.25, 0.3) is 0 Å². The fraction of sp³-hybridized carbons (Fsp3) is 0.235. The highest BCUT2D eigenvalue weighted by molar-refractivity contribution is 14.1. The van der Waals surface area contributed by atoms with E-state index in [9.17, 15) is 4.79 Å². The molecule has 0 amide bonds. The van der Waals surface area contributed by atoms with E-state index in [0.717, 1.165) is 26.0 Å². The van der Waals surface area contributed by atoms with E-state index < -0.39 is 0 Å². The zero-order valence-electron chi connectivity index (χ0n) is 12.1. The molecule has 0 aliphatic carbocycles. The number of methoxy groups -OCH3 is 1. The standard InChI is InChI=1S/C17H17IO3/c1-12(19)15-4-3-5-17(18)16(15)11-21-10-13-6-8-14(20-2)9-7-13/h3-9H,10-11H2,1-2H3. The third-order valence-corrected chi connectivity index (χ3v) is 4.18. The summed E-state index contributed by atoms with van der Waals surface area (Å²) in [5.41, 5.74) is 2.77. The molecular weight excluding hydrogens is 379 g/mol. The molecule has 2 aromatic rings. The molecule has 0 N–H and O–H groups in total. The second-order valence-corrected chi connectivity index (χ2v) is 5.83. The Labute approximate surface area is 138 Å². The number of Topliss-reactive ketones (excluding diaryl/α,β-unsaturated/α-hetero) is 1. The molecule has 0 aliphatic heterocycles. The van der Waals surface area contributed by atoms with Crippen LogP contribution in [0.5, 0.6) is 5.75 Å². The van der Waals surface area contributed by atoms with Gasteiger partial charge in [0.15, 0.2) is 5.78 Å². The Morgan fingerprint density at radius 1 is 1.10 bits per heavy atom. The van der Waals surface area contributed by atoms with E-state index in [2.05, 4.69) is 22.6 Å². The molecule has 0 saturated heterocycles. The Bertz CT molecular complexity index is 620. The van der Waals surface area contributed by atoms with E-state index in [0.29, 0.717) is 13.2 Å². The summed E-state index contributed by atoms with van der Waals surface area (Å²) in [6.07, 6.45) is 0. The third-order valence-electron chi connectivity index (χ3n) is 3.17. The van der Waals surface area contributed by atoms with Crippen molar-refractivity contribution in [3.8, 4) is 5.75 Å². The fourth-order valence-electron chi connectivity index (χ4n) is 2.03. The lowest BCUT2D eigenvalue weighted by molar-refractivity contribution is 0.0974. The van der Waals surface area contributed by atoms with E-state index in [1.807, 2.05) is 42.5 Å². The van der Waals surface area contributed by atoms with Crippen LogP contribution in [0, 0.1) is 3.57 Å². The molecule has 0 atom stereocenters. The topological polar surface area (TPSA) is 35.5 Å². The maximum Gasteiger partial charge on any atom is 0.160 e. The molecule has 0 unspecified atom stereocenters. The second-order valence-electron chi connectivity index (χ2n) is 4.66. The van der Waals surface area contributed by atoms with E-state index in [4.69, 9.17) is 9.47 Å². The van der Waals surface area contributed by atoms with Crippen LogP contribution in [0.3, 0.4) is 0 Å². The average molecular weight is 396 g/mol. The molecule has 0 saturated carbocycles. The highest BCUT2D eigenvalue weighted by Crippen LogP contribution is 2.20. The van der Waals surface area contributed by atoms with Crippen molar-refractivity contribution in [2.45, 2.75) is 20.1 Å². The molecule has 0 aromatic heterocycles. The molecule has 0 heterocycles. The number of halogens is 1. The SMILES string of the molecule is COc1ccc(COCc2c(I)cccc2C(C)=O)cc1. The van der Waals surface area contributed by atoms with Gasteiger partial charge in [0.1, 0.15) is 5.75 Å². The Kier molecular flexibility index (Phi) is 5.76. The fourth-order valence-corrected chi connectivity index (χ4v) is 2.68. The smallest absolute Gasteiger partial charge is 0.160 e. The quantitative estimate of drug-likeness (QED) is 0.542. The van der Waals surface area contributed by atoms with Crippen LogP contribution in [-0.2, 0) is 18.0 Å². The average Bonchev–Trinajstić information content (AvgIpc) is 2.49. The number of rotatable bonds is 6. The lowest BCUT2D eigenvalue weighted by Crippen LogP contribution is -2.04. The van der Waals surface area contributed by atoms with Crippen molar-refractivity contribution < 1.29 is 14.3 Å². The van der Waals surface area contributed by atoms with Crippen LogP contribution in [0.4, 0.5) is 0 Å². The zero-order valence-corrected chi connectivity index (χ0v) is 14.2. The van der Waals surface area contributed by atoms with Crippen molar-refractivity contribution in [1.82, 2.24) is 0 Å². The Hall–Kier alpha value is -1.40. The summed E-state index contributed by atoms with van der Waals surface area (Å²) in [4.78, 5) is 11.6. The van der Waals surface area contributed by atoms with Gasteiger partial charge in [-0.2, -0.15) is 0 Å². The molecule has 0 spiro atoms. The van der Waals surface area contributed by atoms with Crippen molar-refractivity contribution in [3.63, 3.8) is 0 Å². The summed E-state index contributed by atoms with van der Waals surface area (Å²) >= 11 is 2.23. The Morgan fingerprint density at radius 2 is 1.81 bits per heavy atom. The predicted octanol–water partition coefficient (Wildman–Crippen LogP) is 4.22. The summed E-state index contributed by atoms with van der Waals surface area (Å²) in [5.74, 6) is 0.895. The van der Waals surface area contributed by atoms with E-state index in [1.54, 1.807) is 14.0 Å². The summed E-state index contributed by atoms with van der Waals surface area (Å²) in [5, 5.41) is 0. The predicted molar refractivity (Wildman–Crippen MR) is 90.7 cm³/mol. The van der Waals surface area contributed by atoms with E-state index >= 15 is 0 Å². The van der Waals surface area contributed by atoms with Crippen LogP contribution in [0.2, 0.25) is 0 Å². The number of carbonyl (C=O) groups excluding carboxylic acids is 1. The van der Waals surface area contributed by atoms with Crippen molar-refractivity contribution >= 4 is 28.4 Å². The first-order chi connectivity index (χ1) is 10.1. The maximum atomic E-state index is 11.6. The van der Waals surface area contributed by atoms with Crippen LogP contribution in [0.1, 0.15) is 28.4 Å². The van der Waals surface area contributed by atoms with Gasteiger partial charge in [-0.3, -0.25) is 4.79 Å². The molecule has 0 radical (unpaired) electrons. The molecular formula is C17H17IO3. The van der Waals surface area contributed by atoms with Gasteiger partial charge < -0.3 is 9.47 Å². The first kappa shape index (κ1) is 16.0. The van der Waals surface area contributed by atoms with E-state index in [-0.39, 0.29) is 5.78 Å². The van der Waals surface area contributed by atoms with Gasteiger partial charge in [-0.15, -0.1) is 0 Å². The first-order valence-electron chi connectivity index (χ1n) is 6.61. The van der Waals surface area contributed by atoms with Crippen LogP contribution in [0.15, 0.2) is 42.5 Å². The van der Waals surface area contributed by atoms with Crippen molar-refractivity contribution in [1.29, 1.82) is 0 Å². The van der Waals surface area contributed by atoms with Gasteiger partial charge in [0, 0.05) is 14.7 Å². The van der Waals surface area contributed by atoms with Gasteiger partial charge in [-0.05, 0) is 53.3 Å². The lowest BCUT2D eigenvalue weighted by atomic mass is 10.1. The van der Waals surface area contributed by atoms with E-state index in [1.165, 1.54) is 0 Å². The number of benzene rings is 2. The zero-order chi connectivity index (χ0) is 15.2. The highest BCUT2D eigenvalue weighted by Gasteiger charge is 2.10. The number of ether oxygens (including phenoxy) is 2. The van der Waals surface area contributed by atoms with Crippen molar-refractivity contribution in [2.24, 2.45) is 0 Å². The van der Waals surface area contributed by atoms with Crippen LogP contribution in [-0.4, -0.2) is 12.9 Å². The van der Waals surface area contributed by atoms with Crippen molar-refractivity contribution in [3.05, 3.63) is 62.7 Å². The van der Waals surface area contributed by atoms with Crippen LogP contribution in [0.25, 0.3) is 0 Å². The third kappa shape index (κ3) is 4.28. The molecule has 110 valence electrons. The first-order valence-corrected chi connectivity index (χ1v) is 7.68. The highest BCUT2D eigenvalue weighted by atomic mass is 127. The Morgan fingerprint density at radius 3 is 2.43 bits per heavy atom. The number of ketones is 1. The summed E-state index contributed by atoms with van der Waals surface area (Å²) in [6, 6.07) is 13.5. The number of hydrogen-bond donors (Lipinski definition) is 0. The minimum absolute atomic E-state index is 0.0663. The maximum absolute atomic E-state index is 11.6. The lowest BCUT2D eigenvalue weighted by Gasteiger charge is -2.10.